The molecular formula is C19H16N2O5. The number of nitro benzene ring substituents is 1. The van der Waals surface area contributed by atoms with Crippen molar-refractivity contribution in [1.29, 1.82) is 0 Å². The van der Waals surface area contributed by atoms with Crippen LogP contribution in [0.15, 0.2) is 54.1 Å². The highest BCUT2D eigenvalue weighted by Gasteiger charge is 2.44. The Bertz CT molecular complexity index is 947. The molecule has 2 aromatic rings. The van der Waals surface area contributed by atoms with E-state index in [0.29, 0.717) is 11.1 Å². The second-order valence-electron chi connectivity index (χ2n) is 6.13. The van der Waals surface area contributed by atoms with Crippen LogP contribution in [0.1, 0.15) is 22.7 Å². The van der Waals surface area contributed by atoms with Gasteiger partial charge in [-0.3, -0.25) is 19.7 Å². The van der Waals surface area contributed by atoms with Gasteiger partial charge in [-0.25, -0.2) is 0 Å². The monoisotopic (exact) mass is 352 g/mol. The van der Waals surface area contributed by atoms with Gasteiger partial charge in [-0.1, -0.05) is 42.0 Å². The highest BCUT2D eigenvalue weighted by Crippen LogP contribution is 2.39. The van der Waals surface area contributed by atoms with Gasteiger partial charge in [0, 0.05) is 24.7 Å². The van der Waals surface area contributed by atoms with E-state index in [0.717, 1.165) is 5.56 Å². The molecule has 1 aliphatic heterocycles. The molecule has 1 amide bonds. The van der Waals surface area contributed by atoms with Crippen molar-refractivity contribution in [3.05, 3.63) is 80.9 Å². The molecule has 0 spiro atoms. The van der Waals surface area contributed by atoms with Gasteiger partial charge in [0.2, 0.25) is 0 Å². The Morgan fingerprint density at radius 3 is 2.42 bits per heavy atom. The van der Waals surface area contributed by atoms with Crippen LogP contribution >= 0.6 is 0 Å². The number of nitrogens with zero attached hydrogens (tertiary/aromatic N) is 2. The molecule has 1 heterocycles. The predicted molar refractivity (Wildman–Crippen MR) is 94.3 cm³/mol. The van der Waals surface area contributed by atoms with Crippen LogP contribution in [0.4, 0.5) is 5.69 Å². The molecule has 1 atom stereocenters. The smallest absolute Gasteiger partial charge is 0.295 e. The number of hydrogen-bond donors (Lipinski definition) is 1. The van der Waals surface area contributed by atoms with Crippen LogP contribution in [0.2, 0.25) is 0 Å². The van der Waals surface area contributed by atoms with Crippen molar-refractivity contribution < 1.29 is 19.6 Å². The van der Waals surface area contributed by atoms with Crippen LogP contribution in [-0.2, 0) is 9.59 Å². The molecule has 0 saturated carbocycles. The highest BCUT2D eigenvalue weighted by molar-refractivity contribution is 6.46. The summed E-state index contributed by atoms with van der Waals surface area (Å²) >= 11 is 0. The van der Waals surface area contributed by atoms with Crippen molar-refractivity contribution in [2.24, 2.45) is 0 Å². The minimum Gasteiger partial charge on any atom is -0.507 e. The van der Waals surface area contributed by atoms with Crippen molar-refractivity contribution in [2.45, 2.75) is 13.0 Å². The van der Waals surface area contributed by atoms with Crippen molar-refractivity contribution in [3.8, 4) is 0 Å². The van der Waals surface area contributed by atoms with E-state index >= 15 is 0 Å². The maximum Gasteiger partial charge on any atom is 0.295 e. The van der Waals surface area contributed by atoms with E-state index < -0.39 is 22.7 Å². The maximum absolute atomic E-state index is 12.5. The zero-order valence-electron chi connectivity index (χ0n) is 14.2. The standard InChI is InChI=1S/C19H16N2O5/c1-11-6-8-12(9-7-11)17(22)15-16(20(2)19(24)18(15)23)13-4-3-5-14(10-13)21(25)26/h3-10,16,22H,1-2H3/t16-/m0/s1. The lowest BCUT2D eigenvalue weighted by Crippen LogP contribution is -2.24. The van der Waals surface area contributed by atoms with Gasteiger partial charge in [-0.15, -0.1) is 0 Å². The second-order valence-corrected chi connectivity index (χ2v) is 6.13. The molecule has 26 heavy (non-hydrogen) atoms. The highest BCUT2D eigenvalue weighted by atomic mass is 16.6. The fourth-order valence-electron chi connectivity index (χ4n) is 3.01. The topological polar surface area (TPSA) is 101 Å². The van der Waals surface area contributed by atoms with Crippen LogP contribution in [0, 0.1) is 17.0 Å². The van der Waals surface area contributed by atoms with Crippen LogP contribution in [0.25, 0.3) is 5.76 Å². The maximum atomic E-state index is 12.5. The summed E-state index contributed by atoms with van der Waals surface area (Å²) in [6, 6.07) is 11.7. The molecule has 0 unspecified atom stereocenters. The van der Waals surface area contributed by atoms with Gasteiger partial charge in [-0.05, 0) is 12.5 Å². The molecular weight excluding hydrogens is 336 g/mol. The number of carbonyl (C=O) groups excluding carboxylic acids is 2. The number of non-ortho nitro benzene ring substituents is 1. The molecule has 7 nitrogen and oxygen atoms in total. The van der Waals surface area contributed by atoms with Crippen molar-refractivity contribution in [1.82, 2.24) is 4.90 Å². The van der Waals surface area contributed by atoms with E-state index in [2.05, 4.69) is 0 Å². The SMILES string of the molecule is Cc1ccc(C(O)=C2C(=O)C(=O)N(C)[C@H]2c2cccc([N+](=O)[O-])c2)cc1. The lowest BCUT2D eigenvalue weighted by molar-refractivity contribution is -0.384. The zero-order chi connectivity index (χ0) is 19.0. The van der Waals surface area contributed by atoms with Crippen molar-refractivity contribution in [2.75, 3.05) is 7.05 Å². The second kappa shape index (κ2) is 6.44. The average Bonchev–Trinajstić information content (AvgIpc) is 2.86. The van der Waals surface area contributed by atoms with Crippen molar-refractivity contribution >= 4 is 23.1 Å². The number of aliphatic hydroxyl groups excluding tert-OH is 1. The van der Waals surface area contributed by atoms with Crippen molar-refractivity contribution in [3.63, 3.8) is 0 Å². The summed E-state index contributed by atoms with van der Waals surface area (Å²) in [5.74, 6) is -1.89. The molecule has 2 aromatic carbocycles. The van der Waals surface area contributed by atoms with Crippen LogP contribution in [-0.4, -0.2) is 33.7 Å². The van der Waals surface area contributed by atoms with Gasteiger partial charge in [0.05, 0.1) is 16.5 Å². The van der Waals surface area contributed by atoms with E-state index in [9.17, 15) is 24.8 Å². The van der Waals surface area contributed by atoms with Gasteiger partial charge in [0.1, 0.15) is 5.76 Å². The summed E-state index contributed by atoms with van der Waals surface area (Å²) in [4.78, 5) is 36.3. The summed E-state index contributed by atoms with van der Waals surface area (Å²) in [6.45, 7) is 1.89. The fraction of sp³-hybridized carbons (Fsp3) is 0.158. The molecule has 7 heteroatoms. The number of rotatable bonds is 3. The Kier molecular flexibility index (Phi) is 4.29. The number of hydrogen-bond acceptors (Lipinski definition) is 5. The lowest BCUT2D eigenvalue weighted by Gasteiger charge is -2.20. The van der Waals surface area contributed by atoms with Gasteiger partial charge < -0.3 is 10.0 Å². The molecule has 3 rings (SSSR count). The number of aliphatic hydroxyl groups is 1. The third-order valence-corrected chi connectivity index (χ3v) is 4.40. The lowest BCUT2D eigenvalue weighted by atomic mass is 9.95. The minimum atomic E-state index is -0.892. The van der Waals surface area contributed by atoms with E-state index in [1.807, 2.05) is 6.92 Å². The molecule has 1 N–H and O–H groups in total. The molecule has 0 radical (unpaired) electrons. The van der Waals surface area contributed by atoms with Gasteiger partial charge >= 0.3 is 0 Å². The first-order valence-corrected chi connectivity index (χ1v) is 7.87. The van der Waals surface area contributed by atoms with Crippen LogP contribution < -0.4 is 0 Å². The number of carbonyl (C=O) groups is 2. The Morgan fingerprint density at radius 2 is 1.81 bits per heavy atom. The number of likely N-dealkylation sites (tertiary alicyclic amines) is 1. The molecule has 132 valence electrons. The normalized spacial score (nSPS) is 19.0. The number of nitro groups is 1. The largest absolute Gasteiger partial charge is 0.507 e. The van der Waals surface area contributed by atoms with Crippen LogP contribution in [0.3, 0.4) is 0 Å². The minimum absolute atomic E-state index is 0.0816. The van der Waals surface area contributed by atoms with Gasteiger partial charge in [0.25, 0.3) is 17.4 Å². The Balaban J connectivity index is 2.18. The Labute approximate surface area is 149 Å². The summed E-state index contributed by atoms with van der Waals surface area (Å²) in [5, 5.41) is 21.7. The van der Waals surface area contributed by atoms with E-state index in [-0.39, 0.29) is 17.0 Å². The predicted octanol–water partition coefficient (Wildman–Crippen LogP) is 2.95. The Morgan fingerprint density at radius 1 is 1.15 bits per heavy atom. The number of benzene rings is 2. The first-order chi connectivity index (χ1) is 12.3. The van der Waals surface area contributed by atoms with Gasteiger partial charge in [0.15, 0.2) is 0 Å². The third kappa shape index (κ3) is 2.83. The molecule has 0 aromatic heterocycles. The summed E-state index contributed by atoms with van der Waals surface area (Å²) in [7, 11) is 1.43. The first-order valence-electron chi connectivity index (χ1n) is 7.87. The zero-order valence-corrected chi connectivity index (χ0v) is 14.2. The quantitative estimate of drug-likeness (QED) is 0.301. The molecule has 1 saturated heterocycles. The Hall–Kier alpha value is -3.48. The fourth-order valence-corrected chi connectivity index (χ4v) is 3.01. The molecule has 0 aliphatic carbocycles. The summed E-state index contributed by atoms with van der Waals surface area (Å²) in [6.07, 6.45) is 0. The van der Waals surface area contributed by atoms with E-state index in [1.165, 1.54) is 30.1 Å². The first kappa shape index (κ1) is 17.3. The number of ketones is 1. The van der Waals surface area contributed by atoms with Crippen LogP contribution in [0.5, 0.6) is 0 Å². The number of Topliss-reactive ketones (excluding diaryl/α,β-unsaturated/α-hetero) is 1. The van der Waals surface area contributed by atoms with Gasteiger partial charge in [-0.2, -0.15) is 0 Å². The number of aryl methyl sites for hydroxylation is 1. The number of amides is 1. The van der Waals surface area contributed by atoms with E-state index in [1.54, 1.807) is 30.3 Å². The van der Waals surface area contributed by atoms with E-state index in [4.69, 9.17) is 0 Å². The molecule has 1 aliphatic rings. The summed E-state index contributed by atoms with van der Waals surface area (Å²) in [5.41, 5.74) is 1.53. The molecule has 1 fully saturated rings. The average molecular weight is 352 g/mol. The third-order valence-electron chi connectivity index (χ3n) is 4.40. The molecule has 0 bridgehead atoms. The number of likely N-dealkylation sites (N-methyl/N-ethyl adjacent to an activating group) is 1. The summed E-state index contributed by atoms with van der Waals surface area (Å²) < 4.78 is 0.